The van der Waals surface area contributed by atoms with Crippen molar-refractivity contribution in [3.05, 3.63) is 29.8 Å². The van der Waals surface area contributed by atoms with Crippen LogP contribution in [0.2, 0.25) is 0 Å². The Morgan fingerprint density at radius 3 is 2.57 bits per heavy atom. The summed E-state index contributed by atoms with van der Waals surface area (Å²) in [5.41, 5.74) is 0.759. The first-order valence-corrected chi connectivity index (χ1v) is 8.26. The summed E-state index contributed by atoms with van der Waals surface area (Å²) < 4.78 is 5.26. The lowest BCUT2D eigenvalue weighted by atomic mass is 10.1. The third-order valence-corrected chi connectivity index (χ3v) is 3.79. The number of alkyl carbamates (subject to hydrolysis) is 1. The monoisotopic (exact) mass is 320 g/mol. The maximum absolute atomic E-state index is 11.7. The van der Waals surface area contributed by atoms with Crippen LogP contribution < -0.4 is 10.6 Å². The van der Waals surface area contributed by atoms with Crippen LogP contribution in [0.3, 0.4) is 0 Å². The molecule has 0 aromatic heterocycles. The molecule has 0 aliphatic heterocycles. The molecule has 1 aromatic rings. The van der Waals surface area contributed by atoms with E-state index in [2.05, 4.69) is 17.6 Å². The Morgan fingerprint density at radius 2 is 1.96 bits per heavy atom. The Morgan fingerprint density at radius 1 is 1.30 bits per heavy atom. The van der Waals surface area contributed by atoms with Gasteiger partial charge in [0.25, 0.3) is 0 Å². The fraction of sp³-hybridized carbons (Fsp3) is 0.611. The number of aromatic hydroxyl groups is 1. The van der Waals surface area contributed by atoms with Crippen LogP contribution in [0, 0.1) is 0 Å². The third-order valence-electron chi connectivity index (χ3n) is 3.79. The van der Waals surface area contributed by atoms with Crippen molar-refractivity contribution < 1.29 is 14.6 Å². The molecule has 1 aromatic carbocycles. The minimum absolute atomic E-state index is 0.168. The fourth-order valence-corrected chi connectivity index (χ4v) is 2.49. The van der Waals surface area contributed by atoms with E-state index >= 15 is 0 Å². The Balaban J connectivity index is 1.64. The molecule has 0 saturated heterocycles. The summed E-state index contributed by atoms with van der Waals surface area (Å²) in [4.78, 5) is 11.7. The lowest BCUT2D eigenvalue weighted by Crippen LogP contribution is -2.38. The van der Waals surface area contributed by atoms with Gasteiger partial charge in [0.1, 0.15) is 11.4 Å². The Hall–Kier alpha value is -1.75. The number of carbonyl (C=O) groups excluding carboxylic acids is 1. The summed E-state index contributed by atoms with van der Waals surface area (Å²) in [5.74, 6) is 0.300. The molecule has 1 aliphatic carbocycles. The molecule has 1 amide bonds. The molecule has 1 fully saturated rings. The van der Waals surface area contributed by atoms with E-state index in [1.807, 2.05) is 32.9 Å². The molecule has 128 valence electrons. The maximum atomic E-state index is 11.7. The minimum atomic E-state index is -0.459. The molecular formula is C18H28N2O3. The van der Waals surface area contributed by atoms with Crippen molar-refractivity contribution >= 4 is 6.09 Å². The Bertz CT molecular complexity index is 522. The van der Waals surface area contributed by atoms with Crippen molar-refractivity contribution in [2.45, 2.75) is 70.7 Å². The predicted octanol–water partition coefficient (Wildman–Crippen LogP) is 2.97. The van der Waals surface area contributed by atoms with Crippen LogP contribution in [0.5, 0.6) is 5.75 Å². The van der Waals surface area contributed by atoms with Crippen LogP contribution in [0.1, 0.15) is 46.1 Å². The smallest absolute Gasteiger partial charge is 0.407 e. The summed E-state index contributed by atoms with van der Waals surface area (Å²) in [6, 6.07) is 8.21. The summed E-state index contributed by atoms with van der Waals surface area (Å²) in [5, 5.41) is 15.7. The van der Waals surface area contributed by atoms with Gasteiger partial charge in [-0.25, -0.2) is 4.79 Å². The molecule has 0 radical (unpaired) electrons. The molecule has 3 atom stereocenters. The molecule has 5 heteroatoms. The van der Waals surface area contributed by atoms with Crippen molar-refractivity contribution in [2.75, 3.05) is 0 Å². The van der Waals surface area contributed by atoms with Crippen LogP contribution in [0.4, 0.5) is 4.79 Å². The summed E-state index contributed by atoms with van der Waals surface area (Å²) in [7, 11) is 0. The van der Waals surface area contributed by atoms with E-state index in [1.165, 1.54) is 5.56 Å². The molecule has 0 bridgehead atoms. The lowest BCUT2D eigenvalue weighted by molar-refractivity contribution is 0.0522. The predicted molar refractivity (Wildman–Crippen MR) is 90.6 cm³/mol. The average Bonchev–Trinajstić information content (AvgIpc) is 3.13. The molecule has 0 spiro atoms. The van der Waals surface area contributed by atoms with Gasteiger partial charge in [-0.2, -0.15) is 0 Å². The van der Waals surface area contributed by atoms with Gasteiger partial charge in [-0.15, -0.1) is 0 Å². The number of amides is 1. The molecule has 1 saturated carbocycles. The number of hydrogen-bond donors (Lipinski definition) is 3. The van der Waals surface area contributed by atoms with Crippen LogP contribution in [-0.2, 0) is 11.2 Å². The standard InChI is InChI=1S/C18H28N2O3/c1-12(5-6-13-7-9-14(21)10-8-13)19-15-11-16(15)20-17(22)23-18(2,3)4/h7-10,12,15-16,19,21H,5-6,11H2,1-4H3,(H,20,22). The van der Waals surface area contributed by atoms with E-state index in [0.717, 1.165) is 19.3 Å². The maximum Gasteiger partial charge on any atom is 0.407 e. The first-order chi connectivity index (χ1) is 10.7. The molecule has 0 heterocycles. The number of phenolic OH excluding ortho intramolecular Hbond substituents is 1. The van der Waals surface area contributed by atoms with Crippen molar-refractivity contribution in [2.24, 2.45) is 0 Å². The molecule has 1 aliphatic rings. The van der Waals surface area contributed by atoms with Crippen molar-refractivity contribution in [3.8, 4) is 5.75 Å². The van der Waals surface area contributed by atoms with E-state index in [1.54, 1.807) is 12.1 Å². The minimum Gasteiger partial charge on any atom is -0.508 e. The van der Waals surface area contributed by atoms with E-state index < -0.39 is 5.60 Å². The van der Waals surface area contributed by atoms with Gasteiger partial charge in [-0.05, 0) is 64.7 Å². The zero-order valence-corrected chi connectivity index (χ0v) is 14.4. The molecule has 3 N–H and O–H groups in total. The van der Waals surface area contributed by atoms with Crippen LogP contribution in [0.15, 0.2) is 24.3 Å². The number of carbonyl (C=O) groups is 1. The Labute approximate surface area is 138 Å². The first kappa shape index (κ1) is 17.6. The van der Waals surface area contributed by atoms with Gasteiger partial charge in [0.05, 0.1) is 0 Å². The summed E-state index contributed by atoms with van der Waals surface area (Å²) in [6.07, 6.45) is 2.58. The highest BCUT2D eigenvalue weighted by atomic mass is 16.6. The number of nitrogens with one attached hydrogen (secondary N) is 2. The molecular weight excluding hydrogens is 292 g/mol. The fourth-order valence-electron chi connectivity index (χ4n) is 2.49. The summed E-state index contributed by atoms with van der Waals surface area (Å²) >= 11 is 0. The van der Waals surface area contributed by atoms with Crippen molar-refractivity contribution in [3.63, 3.8) is 0 Å². The number of phenols is 1. The van der Waals surface area contributed by atoms with Gasteiger partial charge in [0.15, 0.2) is 0 Å². The quantitative estimate of drug-likeness (QED) is 0.753. The zero-order chi connectivity index (χ0) is 17.0. The van der Waals surface area contributed by atoms with E-state index in [0.29, 0.717) is 17.8 Å². The molecule has 5 nitrogen and oxygen atoms in total. The largest absolute Gasteiger partial charge is 0.508 e. The number of aryl methyl sites for hydroxylation is 1. The number of rotatable bonds is 6. The van der Waals surface area contributed by atoms with Crippen LogP contribution >= 0.6 is 0 Å². The highest BCUT2D eigenvalue weighted by Crippen LogP contribution is 2.23. The van der Waals surface area contributed by atoms with E-state index in [9.17, 15) is 9.90 Å². The van der Waals surface area contributed by atoms with Crippen molar-refractivity contribution in [1.29, 1.82) is 0 Å². The number of hydrogen-bond acceptors (Lipinski definition) is 4. The van der Waals surface area contributed by atoms with E-state index in [-0.39, 0.29) is 12.1 Å². The van der Waals surface area contributed by atoms with Gasteiger partial charge in [0, 0.05) is 18.1 Å². The molecule has 2 rings (SSSR count). The van der Waals surface area contributed by atoms with Gasteiger partial charge in [-0.1, -0.05) is 12.1 Å². The van der Waals surface area contributed by atoms with Crippen LogP contribution in [0.25, 0.3) is 0 Å². The number of benzene rings is 1. The third kappa shape index (κ3) is 6.48. The SMILES string of the molecule is CC(CCc1ccc(O)cc1)NC1CC1NC(=O)OC(C)(C)C. The van der Waals surface area contributed by atoms with Gasteiger partial charge in [0.2, 0.25) is 0 Å². The second-order valence-electron chi connectivity index (χ2n) is 7.37. The van der Waals surface area contributed by atoms with Crippen molar-refractivity contribution in [1.82, 2.24) is 10.6 Å². The van der Waals surface area contributed by atoms with Gasteiger partial charge >= 0.3 is 6.09 Å². The van der Waals surface area contributed by atoms with Crippen LogP contribution in [-0.4, -0.2) is 34.9 Å². The molecule has 23 heavy (non-hydrogen) atoms. The Kier molecular flexibility index (Phi) is 5.52. The van der Waals surface area contributed by atoms with Gasteiger partial charge < -0.3 is 20.5 Å². The van der Waals surface area contributed by atoms with Gasteiger partial charge in [-0.3, -0.25) is 0 Å². The first-order valence-electron chi connectivity index (χ1n) is 8.26. The second kappa shape index (κ2) is 7.21. The highest BCUT2D eigenvalue weighted by Gasteiger charge is 2.39. The second-order valence-corrected chi connectivity index (χ2v) is 7.37. The highest BCUT2D eigenvalue weighted by molar-refractivity contribution is 5.68. The zero-order valence-electron chi connectivity index (χ0n) is 14.4. The summed E-state index contributed by atoms with van der Waals surface area (Å²) in [6.45, 7) is 7.74. The topological polar surface area (TPSA) is 70.6 Å². The normalized spacial score (nSPS) is 21.6. The lowest BCUT2D eigenvalue weighted by Gasteiger charge is -2.20. The average molecular weight is 320 g/mol. The number of ether oxygens (including phenoxy) is 1. The van der Waals surface area contributed by atoms with E-state index in [4.69, 9.17) is 4.74 Å². The molecule has 3 unspecified atom stereocenters.